The fraction of sp³-hybridized carbons (Fsp3) is 0.636. The zero-order valence-electron chi connectivity index (χ0n) is 9.16. The van der Waals surface area contributed by atoms with Crippen LogP contribution in [0.1, 0.15) is 25.7 Å². The van der Waals surface area contributed by atoms with Crippen LogP contribution >= 0.6 is 11.6 Å². The van der Waals surface area contributed by atoms with Crippen molar-refractivity contribution < 1.29 is 0 Å². The molecule has 0 saturated carbocycles. The third-order valence-electron chi connectivity index (χ3n) is 3.02. The first-order valence-electron chi connectivity index (χ1n) is 5.69. The summed E-state index contributed by atoms with van der Waals surface area (Å²) in [7, 11) is 0. The van der Waals surface area contributed by atoms with E-state index in [2.05, 4.69) is 14.9 Å². The van der Waals surface area contributed by atoms with E-state index in [4.69, 9.17) is 11.6 Å². The minimum Gasteiger partial charge on any atom is -0.348 e. The molecule has 0 aliphatic carbocycles. The van der Waals surface area contributed by atoms with Gasteiger partial charge >= 0.3 is 0 Å². The van der Waals surface area contributed by atoms with Crippen molar-refractivity contribution in [1.82, 2.24) is 9.97 Å². The molecule has 1 saturated heterocycles. The van der Waals surface area contributed by atoms with Gasteiger partial charge in [-0.05, 0) is 12.8 Å². The molecule has 1 aromatic rings. The number of hydrogen-bond acceptors (Lipinski definition) is 3. The molecule has 4 nitrogen and oxygen atoms in total. The Labute approximate surface area is 99.6 Å². The van der Waals surface area contributed by atoms with Crippen molar-refractivity contribution in [3.8, 4) is 0 Å². The molecule has 0 amide bonds. The van der Waals surface area contributed by atoms with Crippen LogP contribution in [0.3, 0.4) is 0 Å². The van der Waals surface area contributed by atoms with Crippen LogP contribution in [0.4, 0.5) is 5.82 Å². The van der Waals surface area contributed by atoms with Crippen LogP contribution < -0.4 is 10.5 Å². The maximum Gasteiger partial charge on any atom is 0.290 e. The lowest BCUT2D eigenvalue weighted by atomic mass is 10.1. The second-order valence-electron chi connectivity index (χ2n) is 4.09. The lowest BCUT2D eigenvalue weighted by Gasteiger charge is -2.28. The first-order chi connectivity index (χ1) is 7.83. The molecule has 1 atom stereocenters. The smallest absolute Gasteiger partial charge is 0.290 e. The predicted molar refractivity (Wildman–Crippen MR) is 65.2 cm³/mol. The van der Waals surface area contributed by atoms with Gasteiger partial charge in [0.05, 0.1) is 0 Å². The monoisotopic (exact) mass is 241 g/mol. The molecule has 1 fully saturated rings. The van der Waals surface area contributed by atoms with Crippen LogP contribution in [-0.2, 0) is 0 Å². The van der Waals surface area contributed by atoms with E-state index in [1.54, 1.807) is 12.4 Å². The molecular formula is C11H16ClN3O. The number of aromatic nitrogens is 2. The Kier molecular flexibility index (Phi) is 3.83. The lowest BCUT2D eigenvalue weighted by molar-refractivity contribution is 0.613. The third-order valence-corrected chi connectivity index (χ3v) is 3.37. The Hall–Kier alpha value is -1.03. The molecule has 1 aliphatic rings. The predicted octanol–water partition coefficient (Wildman–Crippen LogP) is 1.76. The Morgan fingerprint density at radius 1 is 1.50 bits per heavy atom. The van der Waals surface area contributed by atoms with Gasteiger partial charge in [-0.25, -0.2) is 4.98 Å². The number of nitrogens with one attached hydrogen (secondary N) is 1. The van der Waals surface area contributed by atoms with Gasteiger partial charge in [-0.1, -0.05) is 12.8 Å². The number of aromatic amines is 1. The Morgan fingerprint density at radius 2 is 2.38 bits per heavy atom. The van der Waals surface area contributed by atoms with Crippen LogP contribution in [0.5, 0.6) is 0 Å². The van der Waals surface area contributed by atoms with E-state index in [1.165, 1.54) is 12.8 Å². The summed E-state index contributed by atoms with van der Waals surface area (Å²) in [6.07, 6.45) is 7.70. The van der Waals surface area contributed by atoms with E-state index in [-0.39, 0.29) is 11.6 Å². The van der Waals surface area contributed by atoms with Gasteiger partial charge in [0.25, 0.3) is 5.56 Å². The quantitative estimate of drug-likeness (QED) is 0.803. The molecule has 1 aliphatic heterocycles. The first-order valence-corrected chi connectivity index (χ1v) is 6.22. The number of nitrogens with zero attached hydrogens (tertiary/aromatic N) is 2. The molecule has 0 aromatic carbocycles. The van der Waals surface area contributed by atoms with Crippen LogP contribution in [0.2, 0.25) is 0 Å². The van der Waals surface area contributed by atoms with Crippen LogP contribution in [-0.4, -0.2) is 28.4 Å². The van der Waals surface area contributed by atoms with Crippen molar-refractivity contribution in [2.24, 2.45) is 0 Å². The van der Waals surface area contributed by atoms with E-state index >= 15 is 0 Å². The molecule has 1 unspecified atom stereocenters. The summed E-state index contributed by atoms with van der Waals surface area (Å²) in [5.74, 6) is 1.06. The van der Waals surface area contributed by atoms with Crippen LogP contribution in [0, 0.1) is 0 Å². The van der Waals surface area contributed by atoms with Gasteiger partial charge < -0.3 is 9.88 Å². The zero-order chi connectivity index (χ0) is 11.4. The normalized spacial score (nSPS) is 21.8. The SMILES string of the molecule is O=c1[nH]ccnc1N1CCCCCC1CCl. The van der Waals surface area contributed by atoms with Crippen molar-refractivity contribution in [1.29, 1.82) is 0 Å². The standard InChI is InChI=1S/C11H16ClN3O/c12-8-9-4-2-1-3-7-15(9)10-11(16)14-6-5-13-10/h5-6,9H,1-4,7-8H2,(H,14,16). The summed E-state index contributed by atoms with van der Waals surface area (Å²) in [5.41, 5.74) is -0.125. The molecule has 0 bridgehead atoms. The molecule has 88 valence electrons. The van der Waals surface area contributed by atoms with Crippen molar-refractivity contribution in [3.63, 3.8) is 0 Å². The fourth-order valence-corrected chi connectivity index (χ4v) is 2.49. The zero-order valence-corrected chi connectivity index (χ0v) is 9.91. The van der Waals surface area contributed by atoms with Crippen molar-refractivity contribution in [3.05, 3.63) is 22.7 Å². The minimum absolute atomic E-state index is 0.125. The van der Waals surface area contributed by atoms with Gasteiger partial charge in [0, 0.05) is 30.9 Å². The molecular weight excluding hydrogens is 226 g/mol. The van der Waals surface area contributed by atoms with Gasteiger partial charge in [-0.3, -0.25) is 4.79 Å². The average Bonchev–Trinajstić information content (AvgIpc) is 2.54. The largest absolute Gasteiger partial charge is 0.348 e. The van der Waals surface area contributed by atoms with Gasteiger partial charge in [0.15, 0.2) is 5.82 Å². The number of anilines is 1. The number of halogens is 1. The Bertz CT molecular complexity index is 393. The Morgan fingerprint density at radius 3 is 3.12 bits per heavy atom. The molecule has 2 rings (SSSR count). The summed E-state index contributed by atoms with van der Waals surface area (Å²) in [4.78, 5) is 20.6. The van der Waals surface area contributed by atoms with Gasteiger partial charge in [0.2, 0.25) is 0 Å². The highest BCUT2D eigenvalue weighted by atomic mass is 35.5. The summed E-state index contributed by atoms with van der Waals surface area (Å²) < 4.78 is 0. The van der Waals surface area contributed by atoms with E-state index < -0.39 is 0 Å². The third kappa shape index (κ3) is 2.38. The fourth-order valence-electron chi connectivity index (χ4n) is 2.17. The van der Waals surface area contributed by atoms with Gasteiger partial charge in [0.1, 0.15) is 0 Å². The lowest BCUT2D eigenvalue weighted by Crippen LogP contribution is -2.40. The average molecular weight is 242 g/mol. The molecule has 5 heteroatoms. The highest BCUT2D eigenvalue weighted by Gasteiger charge is 2.23. The van der Waals surface area contributed by atoms with Crippen molar-refractivity contribution >= 4 is 17.4 Å². The molecule has 1 N–H and O–H groups in total. The molecule has 2 heterocycles. The van der Waals surface area contributed by atoms with Crippen molar-refractivity contribution in [2.75, 3.05) is 17.3 Å². The summed E-state index contributed by atoms with van der Waals surface area (Å²) in [6, 6.07) is 0.236. The minimum atomic E-state index is -0.125. The summed E-state index contributed by atoms with van der Waals surface area (Å²) in [5, 5.41) is 0. The van der Waals surface area contributed by atoms with Crippen LogP contribution in [0.15, 0.2) is 17.2 Å². The van der Waals surface area contributed by atoms with Crippen LogP contribution in [0.25, 0.3) is 0 Å². The number of rotatable bonds is 2. The first kappa shape index (κ1) is 11.5. The number of hydrogen-bond donors (Lipinski definition) is 1. The topological polar surface area (TPSA) is 49.0 Å². The number of alkyl halides is 1. The van der Waals surface area contributed by atoms with E-state index in [0.29, 0.717) is 11.7 Å². The molecule has 0 spiro atoms. The maximum absolute atomic E-state index is 11.7. The van der Waals surface area contributed by atoms with E-state index in [1.807, 2.05) is 0 Å². The summed E-state index contributed by atoms with van der Waals surface area (Å²) in [6.45, 7) is 0.872. The van der Waals surface area contributed by atoms with E-state index in [0.717, 1.165) is 19.4 Å². The van der Waals surface area contributed by atoms with E-state index in [9.17, 15) is 4.79 Å². The molecule has 16 heavy (non-hydrogen) atoms. The second kappa shape index (κ2) is 5.34. The van der Waals surface area contributed by atoms with Gasteiger partial charge in [-0.15, -0.1) is 11.6 Å². The maximum atomic E-state index is 11.7. The Balaban J connectivity index is 2.29. The van der Waals surface area contributed by atoms with Crippen molar-refractivity contribution in [2.45, 2.75) is 31.7 Å². The number of H-pyrrole nitrogens is 1. The van der Waals surface area contributed by atoms with Gasteiger partial charge in [-0.2, -0.15) is 0 Å². The highest BCUT2D eigenvalue weighted by Crippen LogP contribution is 2.20. The highest BCUT2D eigenvalue weighted by molar-refractivity contribution is 6.18. The molecule has 1 aromatic heterocycles. The second-order valence-corrected chi connectivity index (χ2v) is 4.40. The molecule has 0 radical (unpaired) electrons. The summed E-state index contributed by atoms with van der Waals surface area (Å²) >= 11 is 5.97.